The molecule has 12 nitrogen and oxygen atoms in total. The number of primary amides is 1. The maximum absolute atomic E-state index is 13.4. The van der Waals surface area contributed by atoms with Crippen molar-refractivity contribution >= 4 is 27.9 Å². The predicted molar refractivity (Wildman–Crippen MR) is 171 cm³/mol. The maximum atomic E-state index is 13.4. The lowest BCUT2D eigenvalue weighted by molar-refractivity contribution is -0.131. The molecule has 2 heterocycles. The lowest BCUT2D eigenvalue weighted by Crippen LogP contribution is -2.41. The minimum absolute atomic E-state index is 0.148. The van der Waals surface area contributed by atoms with E-state index in [1.165, 1.54) is 11.2 Å². The van der Waals surface area contributed by atoms with E-state index in [9.17, 15) is 22.8 Å². The van der Waals surface area contributed by atoms with Gasteiger partial charge in [-0.3, -0.25) is 9.69 Å². The summed E-state index contributed by atoms with van der Waals surface area (Å²) in [4.78, 5) is 41.1. The molecule has 2 aromatic carbocycles. The Hall–Kier alpha value is -4.10. The number of carbonyl (C=O) groups excluding carboxylic acids is 3. The number of hydrogen-bond donors (Lipinski definition) is 1. The second-order valence-electron chi connectivity index (χ2n) is 11.6. The molecule has 250 valence electrons. The standard InChI is InChI=1S/C33H44N4O8S/c1-3-15-35(16-7-8-17-36-18-10-19-37(23-29(36)38)33(40)45-32(34)39)25(2)20-27-13-9-14-28(21-27)46(41,42)31-24-43-30(44-31)22-26-11-5-4-6-12-26/h4-6,9,11-14,21,24-25,30H,3,7-8,10,15-20,22-23H2,1-2H3,(H2,34,39). The van der Waals surface area contributed by atoms with E-state index in [2.05, 4.69) is 23.5 Å². The van der Waals surface area contributed by atoms with Gasteiger partial charge in [-0.15, -0.1) is 0 Å². The van der Waals surface area contributed by atoms with Gasteiger partial charge in [0.05, 0.1) is 4.90 Å². The van der Waals surface area contributed by atoms with Crippen LogP contribution in [-0.4, -0.2) is 92.8 Å². The van der Waals surface area contributed by atoms with Gasteiger partial charge < -0.3 is 29.7 Å². The number of unbranched alkanes of at least 4 members (excludes halogenated alkanes) is 1. The van der Waals surface area contributed by atoms with Gasteiger partial charge in [0.2, 0.25) is 22.0 Å². The highest BCUT2D eigenvalue weighted by Gasteiger charge is 2.32. The van der Waals surface area contributed by atoms with Crippen LogP contribution in [0.5, 0.6) is 0 Å². The zero-order valence-corrected chi connectivity index (χ0v) is 27.3. The van der Waals surface area contributed by atoms with E-state index in [1.807, 2.05) is 36.4 Å². The molecule has 4 rings (SSSR count). The van der Waals surface area contributed by atoms with Crippen LogP contribution in [0, 0.1) is 0 Å². The van der Waals surface area contributed by atoms with Gasteiger partial charge in [-0.05, 0) is 75.4 Å². The molecule has 0 aromatic heterocycles. The first-order chi connectivity index (χ1) is 22.1. The van der Waals surface area contributed by atoms with Crippen LogP contribution in [0.25, 0.3) is 0 Å². The van der Waals surface area contributed by atoms with Crippen LogP contribution < -0.4 is 5.73 Å². The third-order valence-corrected chi connectivity index (χ3v) is 9.65. The molecule has 3 amide bonds. The molecule has 0 aliphatic carbocycles. The van der Waals surface area contributed by atoms with E-state index in [4.69, 9.17) is 15.2 Å². The van der Waals surface area contributed by atoms with Crippen molar-refractivity contribution in [1.82, 2.24) is 14.7 Å². The summed E-state index contributed by atoms with van der Waals surface area (Å²) in [5.41, 5.74) is 6.81. The lowest BCUT2D eigenvalue weighted by atomic mass is 10.1. The number of nitrogens with zero attached hydrogens (tertiary/aromatic N) is 3. The van der Waals surface area contributed by atoms with Gasteiger partial charge in [0.1, 0.15) is 12.8 Å². The third-order valence-electron chi connectivity index (χ3n) is 8.05. The second-order valence-corrected chi connectivity index (χ2v) is 13.5. The summed E-state index contributed by atoms with van der Waals surface area (Å²) in [5, 5.41) is -0.188. The number of rotatable bonds is 14. The largest absolute Gasteiger partial charge is 0.457 e. The molecule has 0 bridgehead atoms. The van der Waals surface area contributed by atoms with Gasteiger partial charge in [-0.1, -0.05) is 49.4 Å². The van der Waals surface area contributed by atoms with Gasteiger partial charge in [-0.2, -0.15) is 0 Å². The van der Waals surface area contributed by atoms with Crippen LogP contribution in [0.3, 0.4) is 0 Å². The molecule has 2 unspecified atom stereocenters. The molecule has 2 aliphatic heterocycles. The summed E-state index contributed by atoms with van der Waals surface area (Å²) < 4.78 is 42.4. The molecule has 0 spiro atoms. The monoisotopic (exact) mass is 656 g/mol. The third kappa shape index (κ3) is 9.70. The van der Waals surface area contributed by atoms with Crippen molar-refractivity contribution in [2.75, 3.05) is 39.3 Å². The summed E-state index contributed by atoms with van der Waals surface area (Å²) in [5.74, 6) is -0.190. The van der Waals surface area contributed by atoms with E-state index in [0.717, 1.165) is 43.5 Å². The van der Waals surface area contributed by atoms with Crippen LogP contribution in [0.15, 0.2) is 70.8 Å². The molecule has 13 heteroatoms. The van der Waals surface area contributed by atoms with E-state index < -0.39 is 28.3 Å². The minimum atomic E-state index is -3.88. The van der Waals surface area contributed by atoms with Crippen molar-refractivity contribution < 1.29 is 37.0 Å². The molecule has 46 heavy (non-hydrogen) atoms. The topological polar surface area (TPSA) is 149 Å². The molecule has 2 N–H and O–H groups in total. The molecule has 0 saturated carbocycles. The van der Waals surface area contributed by atoms with Gasteiger partial charge in [0, 0.05) is 32.1 Å². The summed E-state index contributed by atoms with van der Waals surface area (Å²) in [6.45, 7) is 7.23. The number of nitrogens with two attached hydrogens (primary N) is 1. The molecular weight excluding hydrogens is 612 g/mol. The second kappa shape index (κ2) is 16.5. The van der Waals surface area contributed by atoms with Crippen LogP contribution in [-0.2, 0) is 41.7 Å². The molecular formula is C33H44N4O8S. The lowest BCUT2D eigenvalue weighted by Gasteiger charge is -2.29. The van der Waals surface area contributed by atoms with Crippen molar-refractivity contribution in [3.05, 3.63) is 77.1 Å². The van der Waals surface area contributed by atoms with Crippen LogP contribution in [0.1, 0.15) is 50.7 Å². The number of amides is 3. The number of hydrogen-bond acceptors (Lipinski definition) is 9. The van der Waals surface area contributed by atoms with E-state index >= 15 is 0 Å². The fraction of sp³-hybridized carbons (Fsp3) is 0.485. The Bertz CT molecular complexity index is 1480. The predicted octanol–water partition coefficient (Wildman–Crippen LogP) is 4.05. The van der Waals surface area contributed by atoms with Crippen LogP contribution in [0.4, 0.5) is 9.59 Å². The van der Waals surface area contributed by atoms with Gasteiger partial charge in [0.25, 0.3) is 5.09 Å². The molecule has 2 aliphatic rings. The molecule has 1 saturated heterocycles. The zero-order chi connectivity index (χ0) is 33.1. The van der Waals surface area contributed by atoms with Crippen molar-refractivity contribution in [3.63, 3.8) is 0 Å². The average Bonchev–Trinajstić information content (AvgIpc) is 3.42. The maximum Gasteiger partial charge on any atom is 0.419 e. The van der Waals surface area contributed by atoms with Crippen molar-refractivity contribution in [1.29, 1.82) is 0 Å². The van der Waals surface area contributed by atoms with Gasteiger partial charge in [0.15, 0.2) is 0 Å². The fourth-order valence-electron chi connectivity index (χ4n) is 5.69. The minimum Gasteiger partial charge on any atom is -0.457 e. The Morgan fingerprint density at radius 1 is 1.07 bits per heavy atom. The van der Waals surface area contributed by atoms with Crippen molar-refractivity contribution in [2.24, 2.45) is 5.73 Å². The summed E-state index contributed by atoms with van der Waals surface area (Å²) in [7, 11) is -3.88. The highest BCUT2D eigenvalue weighted by atomic mass is 32.2. The molecule has 0 radical (unpaired) electrons. The van der Waals surface area contributed by atoms with Crippen molar-refractivity contribution in [2.45, 2.75) is 69.6 Å². The molecule has 1 fully saturated rings. The van der Waals surface area contributed by atoms with E-state index in [0.29, 0.717) is 38.9 Å². The Morgan fingerprint density at radius 3 is 2.57 bits per heavy atom. The smallest absolute Gasteiger partial charge is 0.419 e. The van der Waals surface area contributed by atoms with E-state index in [1.54, 1.807) is 23.1 Å². The number of carbonyl (C=O) groups is 3. The number of benzene rings is 2. The zero-order valence-electron chi connectivity index (χ0n) is 26.5. The summed E-state index contributed by atoms with van der Waals surface area (Å²) >= 11 is 0. The average molecular weight is 657 g/mol. The first-order valence-corrected chi connectivity index (χ1v) is 17.2. The fourth-order valence-corrected chi connectivity index (χ4v) is 6.90. The summed E-state index contributed by atoms with van der Waals surface area (Å²) in [6.07, 6.45) is 2.70. The SMILES string of the molecule is CCCN(CCCCN1CCCN(C(=O)OC(N)=O)CC1=O)C(C)Cc1cccc(S(=O)(=O)C2=COC(Cc3ccccc3)O2)c1. The molecule has 2 atom stereocenters. The van der Waals surface area contributed by atoms with Crippen LogP contribution in [0.2, 0.25) is 0 Å². The van der Waals surface area contributed by atoms with Gasteiger partial charge >= 0.3 is 12.2 Å². The molecule has 2 aromatic rings. The number of ether oxygens (including phenoxy) is 3. The highest BCUT2D eigenvalue weighted by Crippen LogP contribution is 2.28. The highest BCUT2D eigenvalue weighted by molar-refractivity contribution is 7.95. The Kier molecular flexibility index (Phi) is 12.4. The quantitative estimate of drug-likeness (QED) is 0.235. The normalized spacial score (nSPS) is 17.6. The van der Waals surface area contributed by atoms with Gasteiger partial charge in [-0.25, -0.2) is 18.0 Å². The Balaban J connectivity index is 1.27. The van der Waals surface area contributed by atoms with E-state index in [-0.39, 0.29) is 28.5 Å². The Morgan fingerprint density at radius 2 is 1.83 bits per heavy atom. The number of sulfone groups is 1. The Labute approximate surface area is 271 Å². The summed E-state index contributed by atoms with van der Waals surface area (Å²) in [6, 6.07) is 16.7. The first-order valence-electron chi connectivity index (χ1n) is 15.7. The first kappa shape index (κ1) is 34.8. The van der Waals surface area contributed by atoms with Crippen LogP contribution >= 0.6 is 0 Å². The van der Waals surface area contributed by atoms with Crippen molar-refractivity contribution in [3.8, 4) is 0 Å².